The lowest BCUT2D eigenvalue weighted by molar-refractivity contribution is -0.158. The molecule has 0 amide bonds. The number of carbonyl (C=O) groups is 1. The molecule has 0 heterocycles. The summed E-state index contributed by atoms with van der Waals surface area (Å²) < 4.78 is 11.6. The molecule has 0 spiro atoms. The molecule has 1 aromatic carbocycles. The highest BCUT2D eigenvalue weighted by Crippen LogP contribution is 2.25. The summed E-state index contributed by atoms with van der Waals surface area (Å²) in [5.74, 6) is 0.343. The minimum Gasteiger partial charge on any atom is -0.475 e. The number of carbonyl (C=O) groups excluding carboxylic acids is 1. The number of rotatable bonds is 4. The van der Waals surface area contributed by atoms with E-state index in [0.717, 1.165) is 3.57 Å². The van der Waals surface area contributed by atoms with Gasteiger partial charge in [-0.15, -0.1) is 0 Å². The smallest absolute Gasteiger partial charge is 0.349 e. The monoisotopic (exact) mass is 334 g/mol. The predicted octanol–water partition coefficient (Wildman–Crippen LogP) is 3.01. The number of halogens is 1. The summed E-state index contributed by atoms with van der Waals surface area (Å²) in [6, 6.07) is 7.56. The Morgan fingerprint density at radius 2 is 2.00 bits per heavy atom. The standard InChI is InChI=1S/C12H15IO3/c1-4-15-11(14)12(2,3)16-10-8-6-5-7-9(10)13/h5-8H,4H2,1-3H3. The highest BCUT2D eigenvalue weighted by Gasteiger charge is 2.31. The van der Waals surface area contributed by atoms with Crippen molar-refractivity contribution in [3.8, 4) is 5.75 Å². The van der Waals surface area contributed by atoms with Gasteiger partial charge in [-0.05, 0) is 55.5 Å². The number of benzene rings is 1. The second-order valence-corrected chi connectivity index (χ2v) is 4.93. The van der Waals surface area contributed by atoms with Gasteiger partial charge in [-0.2, -0.15) is 0 Å². The first-order valence-corrected chi connectivity index (χ1v) is 6.16. The second-order valence-electron chi connectivity index (χ2n) is 3.76. The lowest BCUT2D eigenvalue weighted by Crippen LogP contribution is -2.39. The second kappa shape index (κ2) is 5.52. The van der Waals surface area contributed by atoms with Crippen LogP contribution in [-0.2, 0) is 9.53 Å². The van der Waals surface area contributed by atoms with Crippen LogP contribution in [0.1, 0.15) is 20.8 Å². The van der Waals surface area contributed by atoms with Crippen molar-refractivity contribution in [3.63, 3.8) is 0 Å². The summed E-state index contributed by atoms with van der Waals surface area (Å²) in [4.78, 5) is 11.6. The first kappa shape index (κ1) is 13.3. The van der Waals surface area contributed by atoms with Crippen molar-refractivity contribution in [1.82, 2.24) is 0 Å². The summed E-state index contributed by atoms with van der Waals surface area (Å²) in [5, 5.41) is 0. The highest BCUT2D eigenvalue weighted by molar-refractivity contribution is 14.1. The molecule has 1 aromatic rings. The zero-order chi connectivity index (χ0) is 12.2. The molecule has 0 aliphatic heterocycles. The molecule has 0 radical (unpaired) electrons. The Hall–Kier alpha value is -0.780. The van der Waals surface area contributed by atoms with Crippen LogP contribution in [0.25, 0.3) is 0 Å². The van der Waals surface area contributed by atoms with Gasteiger partial charge in [0.1, 0.15) is 5.75 Å². The summed E-state index contributed by atoms with van der Waals surface area (Å²) in [6.07, 6.45) is 0. The van der Waals surface area contributed by atoms with Gasteiger partial charge in [0, 0.05) is 0 Å². The molecule has 0 atom stereocenters. The maximum Gasteiger partial charge on any atom is 0.349 e. The molecule has 16 heavy (non-hydrogen) atoms. The molecule has 88 valence electrons. The van der Waals surface area contributed by atoms with Crippen molar-refractivity contribution in [2.45, 2.75) is 26.4 Å². The summed E-state index contributed by atoms with van der Waals surface area (Å²) >= 11 is 2.17. The maximum absolute atomic E-state index is 11.6. The predicted molar refractivity (Wildman–Crippen MR) is 70.5 cm³/mol. The Kier molecular flexibility index (Phi) is 4.58. The zero-order valence-electron chi connectivity index (χ0n) is 9.62. The van der Waals surface area contributed by atoms with E-state index in [1.165, 1.54) is 0 Å². The molecule has 0 saturated carbocycles. The largest absolute Gasteiger partial charge is 0.475 e. The van der Waals surface area contributed by atoms with Crippen molar-refractivity contribution in [2.75, 3.05) is 6.61 Å². The molecule has 0 aromatic heterocycles. The van der Waals surface area contributed by atoms with E-state index in [9.17, 15) is 4.79 Å². The first-order valence-electron chi connectivity index (χ1n) is 5.08. The van der Waals surface area contributed by atoms with E-state index in [-0.39, 0.29) is 5.97 Å². The Labute approximate surface area is 109 Å². The van der Waals surface area contributed by atoms with E-state index in [2.05, 4.69) is 22.6 Å². The zero-order valence-corrected chi connectivity index (χ0v) is 11.8. The normalized spacial score (nSPS) is 11.0. The molecule has 0 saturated heterocycles. The first-order chi connectivity index (χ1) is 7.47. The van der Waals surface area contributed by atoms with E-state index in [1.54, 1.807) is 20.8 Å². The minimum atomic E-state index is -0.961. The van der Waals surface area contributed by atoms with Crippen LogP contribution in [0.5, 0.6) is 5.75 Å². The Morgan fingerprint density at radius 3 is 2.56 bits per heavy atom. The van der Waals surface area contributed by atoms with Crippen molar-refractivity contribution >= 4 is 28.6 Å². The summed E-state index contributed by atoms with van der Waals surface area (Å²) in [6.45, 7) is 5.54. The number of para-hydroxylation sites is 1. The topological polar surface area (TPSA) is 35.5 Å². The molecule has 0 bridgehead atoms. The fraction of sp³-hybridized carbons (Fsp3) is 0.417. The van der Waals surface area contributed by atoms with Gasteiger partial charge >= 0.3 is 5.97 Å². The van der Waals surface area contributed by atoms with Crippen LogP contribution in [0.2, 0.25) is 0 Å². The highest BCUT2D eigenvalue weighted by atomic mass is 127. The summed E-state index contributed by atoms with van der Waals surface area (Å²) in [7, 11) is 0. The van der Waals surface area contributed by atoms with Crippen molar-refractivity contribution in [1.29, 1.82) is 0 Å². The number of esters is 1. The van der Waals surface area contributed by atoms with Gasteiger partial charge in [0.2, 0.25) is 0 Å². The fourth-order valence-electron chi connectivity index (χ4n) is 1.15. The molecular weight excluding hydrogens is 319 g/mol. The van der Waals surface area contributed by atoms with E-state index < -0.39 is 5.60 Å². The molecular formula is C12H15IO3. The quantitative estimate of drug-likeness (QED) is 0.627. The maximum atomic E-state index is 11.6. The van der Waals surface area contributed by atoms with Gasteiger partial charge in [-0.3, -0.25) is 0 Å². The van der Waals surface area contributed by atoms with Crippen LogP contribution in [0.3, 0.4) is 0 Å². The third kappa shape index (κ3) is 3.37. The molecule has 3 nitrogen and oxygen atoms in total. The summed E-state index contributed by atoms with van der Waals surface area (Å²) in [5.41, 5.74) is -0.961. The van der Waals surface area contributed by atoms with Crippen molar-refractivity contribution in [3.05, 3.63) is 27.8 Å². The average Bonchev–Trinajstić information content (AvgIpc) is 2.21. The Morgan fingerprint density at radius 1 is 1.38 bits per heavy atom. The SMILES string of the molecule is CCOC(=O)C(C)(C)Oc1ccccc1I. The number of hydrogen-bond acceptors (Lipinski definition) is 3. The van der Waals surface area contributed by atoms with E-state index in [4.69, 9.17) is 9.47 Å². The number of hydrogen-bond donors (Lipinski definition) is 0. The van der Waals surface area contributed by atoms with Gasteiger partial charge in [-0.1, -0.05) is 12.1 Å². The van der Waals surface area contributed by atoms with Crippen LogP contribution in [0.4, 0.5) is 0 Å². The molecule has 0 unspecified atom stereocenters. The van der Waals surface area contributed by atoms with Gasteiger partial charge in [-0.25, -0.2) is 4.79 Å². The Balaban J connectivity index is 2.80. The molecule has 0 fully saturated rings. The van der Waals surface area contributed by atoms with Gasteiger partial charge < -0.3 is 9.47 Å². The average molecular weight is 334 g/mol. The lowest BCUT2D eigenvalue weighted by Gasteiger charge is -2.24. The molecule has 4 heteroatoms. The Bertz CT molecular complexity index is 374. The van der Waals surface area contributed by atoms with E-state index >= 15 is 0 Å². The third-order valence-electron chi connectivity index (χ3n) is 1.97. The van der Waals surface area contributed by atoms with Crippen LogP contribution in [0.15, 0.2) is 24.3 Å². The van der Waals surface area contributed by atoms with E-state index in [1.807, 2.05) is 24.3 Å². The fourth-order valence-corrected chi connectivity index (χ4v) is 1.65. The molecule has 0 aliphatic carbocycles. The van der Waals surface area contributed by atoms with Crippen molar-refractivity contribution in [2.24, 2.45) is 0 Å². The van der Waals surface area contributed by atoms with E-state index in [0.29, 0.717) is 12.4 Å². The van der Waals surface area contributed by atoms with Crippen LogP contribution in [0, 0.1) is 3.57 Å². The molecule has 0 aliphatic rings. The van der Waals surface area contributed by atoms with Gasteiger partial charge in [0.05, 0.1) is 10.2 Å². The van der Waals surface area contributed by atoms with Gasteiger partial charge in [0.25, 0.3) is 0 Å². The van der Waals surface area contributed by atoms with Crippen LogP contribution >= 0.6 is 22.6 Å². The van der Waals surface area contributed by atoms with Crippen LogP contribution < -0.4 is 4.74 Å². The minimum absolute atomic E-state index is 0.352. The van der Waals surface area contributed by atoms with Gasteiger partial charge in [0.15, 0.2) is 5.60 Å². The molecule has 0 N–H and O–H groups in total. The van der Waals surface area contributed by atoms with Crippen molar-refractivity contribution < 1.29 is 14.3 Å². The lowest BCUT2D eigenvalue weighted by atomic mass is 10.1. The van der Waals surface area contributed by atoms with Crippen LogP contribution in [-0.4, -0.2) is 18.2 Å². The third-order valence-corrected chi connectivity index (χ3v) is 2.86. The number of ether oxygens (including phenoxy) is 2. The molecule has 1 rings (SSSR count).